The molecular weight excluding hydrogens is 332 g/mol. The largest absolute Gasteiger partial charge is 0.349 e. The molecule has 23 heavy (non-hydrogen) atoms. The zero-order valence-electron chi connectivity index (χ0n) is 13.1. The van der Waals surface area contributed by atoms with Crippen LogP contribution in [0.5, 0.6) is 0 Å². The van der Waals surface area contributed by atoms with Crippen LogP contribution in [0.4, 0.5) is 0 Å². The highest BCUT2D eigenvalue weighted by atomic mass is 35.5. The third kappa shape index (κ3) is 3.87. The SMILES string of the molecule is C[C@H](NC(=O)CSc1nnc(C2CC2)n1C)c1ccccc1Cl. The average Bonchev–Trinajstić information content (AvgIpc) is 3.29. The summed E-state index contributed by atoms with van der Waals surface area (Å²) >= 11 is 7.56. The lowest BCUT2D eigenvalue weighted by Gasteiger charge is -2.15. The van der Waals surface area contributed by atoms with Gasteiger partial charge >= 0.3 is 0 Å². The van der Waals surface area contributed by atoms with Gasteiger partial charge in [-0.2, -0.15) is 0 Å². The minimum absolute atomic E-state index is 0.0432. The summed E-state index contributed by atoms with van der Waals surface area (Å²) in [5.41, 5.74) is 0.919. The molecule has 1 amide bonds. The average molecular weight is 351 g/mol. The molecule has 1 fully saturated rings. The Balaban J connectivity index is 1.54. The Morgan fingerprint density at radius 3 is 2.87 bits per heavy atom. The van der Waals surface area contributed by atoms with Gasteiger partial charge in [-0.1, -0.05) is 41.6 Å². The van der Waals surface area contributed by atoms with Crippen LogP contribution in [-0.4, -0.2) is 26.4 Å². The fraction of sp³-hybridized carbons (Fsp3) is 0.438. The van der Waals surface area contributed by atoms with Gasteiger partial charge in [0.2, 0.25) is 5.91 Å². The van der Waals surface area contributed by atoms with E-state index in [0.29, 0.717) is 16.7 Å². The molecule has 2 aromatic rings. The molecule has 5 nitrogen and oxygen atoms in total. The molecule has 1 N–H and O–H groups in total. The van der Waals surface area contributed by atoms with Crippen LogP contribution in [0.25, 0.3) is 0 Å². The van der Waals surface area contributed by atoms with Crippen LogP contribution in [0.1, 0.15) is 43.1 Å². The van der Waals surface area contributed by atoms with E-state index in [4.69, 9.17) is 11.6 Å². The van der Waals surface area contributed by atoms with Crippen molar-refractivity contribution in [2.24, 2.45) is 7.05 Å². The Morgan fingerprint density at radius 2 is 2.17 bits per heavy atom. The fourth-order valence-corrected chi connectivity index (χ4v) is 3.49. The van der Waals surface area contributed by atoms with Crippen LogP contribution in [0.15, 0.2) is 29.4 Å². The predicted octanol–water partition coefficient (Wildman–Crippen LogP) is 3.32. The van der Waals surface area contributed by atoms with Gasteiger partial charge in [0.1, 0.15) is 5.82 Å². The minimum Gasteiger partial charge on any atom is -0.349 e. The van der Waals surface area contributed by atoms with Gasteiger partial charge in [0.15, 0.2) is 5.16 Å². The zero-order valence-corrected chi connectivity index (χ0v) is 14.7. The lowest BCUT2D eigenvalue weighted by atomic mass is 10.1. The third-order valence-electron chi connectivity index (χ3n) is 3.89. The number of nitrogens with one attached hydrogen (secondary N) is 1. The Hall–Kier alpha value is -1.53. The van der Waals surface area contributed by atoms with E-state index in [1.54, 1.807) is 0 Å². The molecule has 0 unspecified atom stereocenters. The van der Waals surface area contributed by atoms with E-state index < -0.39 is 0 Å². The summed E-state index contributed by atoms with van der Waals surface area (Å²) < 4.78 is 1.99. The second-order valence-corrected chi connectivity index (χ2v) is 7.12. The molecular formula is C16H19ClN4OS. The van der Waals surface area contributed by atoms with Gasteiger partial charge in [-0.15, -0.1) is 10.2 Å². The monoisotopic (exact) mass is 350 g/mol. The molecule has 0 bridgehead atoms. The first-order valence-corrected chi connectivity index (χ1v) is 8.98. The molecule has 3 rings (SSSR count). The van der Waals surface area contributed by atoms with Crippen molar-refractivity contribution in [2.75, 3.05) is 5.75 Å². The number of rotatable bonds is 6. The first-order valence-electron chi connectivity index (χ1n) is 7.62. The molecule has 1 aliphatic carbocycles. The Labute approximate surface area is 144 Å². The Morgan fingerprint density at radius 1 is 1.43 bits per heavy atom. The highest BCUT2D eigenvalue weighted by Gasteiger charge is 2.29. The van der Waals surface area contributed by atoms with Gasteiger partial charge < -0.3 is 9.88 Å². The third-order valence-corrected chi connectivity index (χ3v) is 5.26. The summed E-state index contributed by atoms with van der Waals surface area (Å²) in [5, 5.41) is 12.8. The van der Waals surface area contributed by atoms with Crippen LogP contribution < -0.4 is 5.32 Å². The smallest absolute Gasteiger partial charge is 0.230 e. The molecule has 1 heterocycles. The van der Waals surface area contributed by atoms with Crippen molar-refractivity contribution < 1.29 is 4.79 Å². The molecule has 122 valence electrons. The standard InChI is InChI=1S/C16H19ClN4OS/c1-10(12-5-3-4-6-13(12)17)18-14(22)9-23-16-20-19-15(21(16)2)11-7-8-11/h3-6,10-11H,7-9H2,1-2H3,(H,18,22)/t10-/m0/s1. The quantitative estimate of drug-likeness (QED) is 0.812. The normalized spacial score (nSPS) is 15.4. The van der Waals surface area contributed by atoms with Crippen LogP contribution in [0.2, 0.25) is 5.02 Å². The van der Waals surface area contributed by atoms with Crippen LogP contribution >= 0.6 is 23.4 Å². The number of nitrogens with zero attached hydrogens (tertiary/aromatic N) is 3. The van der Waals surface area contributed by atoms with Crippen molar-refractivity contribution in [1.82, 2.24) is 20.1 Å². The van der Waals surface area contributed by atoms with E-state index in [9.17, 15) is 4.79 Å². The molecule has 1 aromatic heterocycles. The number of amides is 1. The van der Waals surface area contributed by atoms with Crippen molar-refractivity contribution in [3.05, 3.63) is 40.7 Å². The summed E-state index contributed by atoms with van der Waals surface area (Å²) in [6.07, 6.45) is 2.37. The lowest BCUT2D eigenvalue weighted by Crippen LogP contribution is -2.28. The summed E-state index contributed by atoms with van der Waals surface area (Å²) in [6.45, 7) is 1.93. The van der Waals surface area contributed by atoms with Crippen molar-refractivity contribution >= 4 is 29.3 Å². The summed E-state index contributed by atoms with van der Waals surface area (Å²) in [6, 6.07) is 7.41. The molecule has 1 atom stereocenters. The molecule has 0 saturated heterocycles. The second kappa shape index (κ2) is 6.93. The number of halogens is 1. The molecule has 1 saturated carbocycles. The summed E-state index contributed by atoms with van der Waals surface area (Å²) in [5.74, 6) is 1.84. The van der Waals surface area contributed by atoms with E-state index in [1.807, 2.05) is 42.8 Å². The Kier molecular flexibility index (Phi) is 4.92. The highest BCUT2D eigenvalue weighted by Crippen LogP contribution is 2.39. The van der Waals surface area contributed by atoms with Gasteiger partial charge in [0, 0.05) is 18.0 Å². The van der Waals surface area contributed by atoms with E-state index in [2.05, 4.69) is 15.5 Å². The van der Waals surface area contributed by atoms with E-state index in [-0.39, 0.29) is 11.9 Å². The molecule has 0 radical (unpaired) electrons. The number of thioether (sulfide) groups is 1. The number of hydrogen-bond donors (Lipinski definition) is 1. The van der Waals surface area contributed by atoms with Crippen molar-refractivity contribution in [3.8, 4) is 0 Å². The number of benzene rings is 1. The number of aromatic nitrogens is 3. The van der Waals surface area contributed by atoms with Gasteiger partial charge in [-0.05, 0) is 31.4 Å². The number of carbonyl (C=O) groups excluding carboxylic acids is 1. The van der Waals surface area contributed by atoms with Crippen LogP contribution in [0, 0.1) is 0 Å². The van der Waals surface area contributed by atoms with Crippen LogP contribution in [-0.2, 0) is 11.8 Å². The number of hydrogen-bond acceptors (Lipinski definition) is 4. The zero-order chi connectivity index (χ0) is 16.4. The van der Waals surface area contributed by atoms with Gasteiger partial charge in [0.25, 0.3) is 0 Å². The van der Waals surface area contributed by atoms with Crippen LogP contribution in [0.3, 0.4) is 0 Å². The first-order chi connectivity index (χ1) is 11.1. The van der Waals surface area contributed by atoms with Crippen molar-refractivity contribution in [1.29, 1.82) is 0 Å². The summed E-state index contributed by atoms with van der Waals surface area (Å²) in [4.78, 5) is 12.1. The van der Waals surface area contributed by atoms with E-state index in [1.165, 1.54) is 24.6 Å². The second-order valence-electron chi connectivity index (χ2n) is 5.77. The van der Waals surface area contributed by atoms with Gasteiger partial charge in [-0.3, -0.25) is 4.79 Å². The first kappa shape index (κ1) is 16.3. The maximum absolute atomic E-state index is 12.1. The lowest BCUT2D eigenvalue weighted by molar-refractivity contribution is -0.119. The molecule has 1 aliphatic rings. The maximum Gasteiger partial charge on any atom is 0.230 e. The maximum atomic E-state index is 12.1. The minimum atomic E-state index is -0.127. The predicted molar refractivity (Wildman–Crippen MR) is 91.7 cm³/mol. The number of carbonyl (C=O) groups is 1. The van der Waals surface area contributed by atoms with Crippen molar-refractivity contribution in [2.45, 2.75) is 36.9 Å². The van der Waals surface area contributed by atoms with Gasteiger partial charge in [0.05, 0.1) is 11.8 Å². The Bertz CT molecular complexity index is 714. The fourth-order valence-electron chi connectivity index (χ4n) is 2.47. The van der Waals surface area contributed by atoms with Gasteiger partial charge in [-0.25, -0.2) is 0 Å². The van der Waals surface area contributed by atoms with E-state index in [0.717, 1.165) is 16.5 Å². The van der Waals surface area contributed by atoms with E-state index >= 15 is 0 Å². The molecule has 1 aromatic carbocycles. The summed E-state index contributed by atoms with van der Waals surface area (Å²) in [7, 11) is 1.96. The van der Waals surface area contributed by atoms with Crippen molar-refractivity contribution in [3.63, 3.8) is 0 Å². The molecule has 7 heteroatoms. The highest BCUT2D eigenvalue weighted by molar-refractivity contribution is 7.99. The molecule has 0 aliphatic heterocycles. The molecule has 0 spiro atoms. The topological polar surface area (TPSA) is 59.8 Å².